The molecule has 0 amide bonds. The van der Waals surface area contributed by atoms with E-state index in [0.717, 1.165) is 0 Å². The quantitative estimate of drug-likeness (QED) is 0.484. The van der Waals surface area contributed by atoms with E-state index in [-0.39, 0.29) is 16.5 Å². The summed E-state index contributed by atoms with van der Waals surface area (Å²) < 4.78 is 22.3. The van der Waals surface area contributed by atoms with Crippen molar-refractivity contribution >= 4 is 31.0 Å². The second kappa shape index (κ2) is 9.35. The Bertz CT molecular complexity index is 38.1. The molecule has 0 aromatic carbocycles. The van der Waals surface area contributed by atoms with E-state index in [9.17, 15) is 7.61 Å². The van der Waals surface area contributed by atoms with Gasteiger partial charge in [-0.25, -0.2) is 0 Å². The predicted molar refractivity (Wildman–Crippen MR) is 14.0 cm³/mol. The summed E-state index contributed by atoms with van der Waals surface area (Å²) in [6.07, 6.45) is 0. The van der Waals surface area contributed by atoms with Crippen molar-refractivity contribution in [3.63, 3.8) is 0 Å². The topological polar surface area (TPSA) is 43.4 Å². The summed E-state index contributed by atoms with van der Waals surface area (Å²) in [7, 11) is 0. The van der Waals surface area contributed by atoms with Crippen LogP contribution in [0.2, 0.25) is 0 Å². The number of hydrogen-bond donors (Lipinski definition) is 0. The van der Waals surface area contributed by atoms with E-state index < -0.39 is 31.0 Å². The molecule has 0 N–H and O–H groups in total. The molecule has 0 bridgehead atoms. The van der Waals surface area contributed by atoms with Gasteiger partial charge in [0.05, 0.1) is 0 Å². The molecule has 0 radical (unpaired) electrons. The summed E-state index contributed by atoms with van der Waals surface area (Å²) >= 11 is -2.48. The molecule has 6 heavy (non-hydrogen) atoms. The monoisotopic (exact) mass is 160 g/mol. The zero-order valence-electron chi connectivity index (χ0n) is 2.70. The van der Waals surface area contributed by atoms with Crippen molar-refractivity contribution in [1.82, 2.24) is 0 Å². The van der Waals surface area contributed by atoms with Crippen molar-refractivity contribution in [2.45, 2.75) is 0 Å². The minimum absolute atomic E-state index is 0. The van der Waals surface area contributed by atoms with Crippen molar-refractivity contribution in [3.05, 3.63) is 0 Å². The molecular weight excluding hydrogens is 161 g/mol. The summed E-state index contributed by atoms with van der Waals surface area (Å²) in [4.78, 5) is 0. The Kier molecular flexibility index (Phi) is 15.7. The Morgan fingerprint density at radius 1 is 1.17 bits per heavy atom. The van der Waals surface area contributed by atoms with Gasteiger partial charge in [0, 0.05) is 16.5 Å². The Labute approximate surface area is 57.9 Å². The molecule has 0 aromatic rings. The van der Waals surface area contributed by atoms with Crippen LogP contribution in [0.4, 0.5) is 0 Å². The summed E-state index contributed by atoms with van der Waals surface area (Å²) in [5.74, 6) is 0. The second-order valence-electron chi connectivity index (χ2n) is 0.329. The van der Waals surface area contributed by atoms with Gasteiger partial charge in [0.15, 0.2) is 0 Å². The maximum atomic E-state index is 9.21. The van der Waals surface area contributed by atoms with Gasteiger partial charge >= 0.3 is 41.4 Å². The van der Waals surface area contributed by atoms with Crippen LogP contribution in [0, 0.1) is 0 Å². The van der Waals surface area contributed by atoms with Crippen LogP contribution in [0.3, 0.4) is 0 Å². The van der Waals surface area contributed by atoms with Crippen LogP contribution in [0.1, 0.15) is 0 Å². The van der Waals surface area contributed by atoms with Crippen molar-refractivity contribution in [2.75, 3.05) is 0 Å². The fourth-order valence-electron chi connectivity index (χ4n) is 0.0227. The molecule has 0 saturated carbocycles. The van der Waals surface area contributed by atoms with Crippen molar-refractivity contribution in [1.29, 1.82) is 0 Å². The van der Waals surface area contributed by atoms with Crippen LogP contribution in [-0.4, -0.2) is 31.0 Å². The van der Waals surface area contributed by atoms with Crippen LogP contribution in [0.5, 0.6) is 0 Å². The SMILES string of the molecule is [Ni].[O]=[Al][O][Al]=[O]. The standard InChI is InChI=1S/2Al.Ni.3O. The molecule has 0 aliphatic heterocycles. The van der Waals surface area contributed by atoms with Gasteiger partial charge in [0.2, 0.25) is 0 Å². The van der Waals surface area contributed by atoms with Crippen molar-refractivity contribution in [3.8, 4) is 0 Å². The molecule has 0 aromatic heterocycles. The van der Waals surface area contributed by atoms with Gasteiger partial charge in [-0.05, 0) is 0 Å². The molecule has 3 nitrogen and oxygen atoms in total. The molecule has 34 valence electrons. The molecule has 0 aliphatic rings. The maximum absolute atomic E-state index is 9.21. The van der Waals surface area contributed by atoms with Gasteiger partial charge in [0.25, 0.3) is 0 Å². The Morgan fingerprint density at radius 3 is 1.50 bits per heavy atom. The third-order valence-corrected chi connectivity index (χ3v) is 1.00. The summed E-state index contributed by atoms with van der Waals surface area (Å²) in [6.45, 7) is 0. The zero-order chi connectivity index (χ0) is 4.12. The molecular formula is Al2NiO3. The fraction of sp³-hybridized carbons (Fsp3) is 0. The Balaban J connectivity index is 0. The normalized spacial score (nSPS) is 3.33. The molecule has 0 atom stereocenters. The van der Waals surface area contributed by atoms with E-state index in [1.54, 1.807) is 0 Å². The number of rotatable bonds is 2. The van der Waals surface area contributed by atoms with E-state index in [1.165, 1.54) is 0 Å². The molecule has 6 heteroatoms. The average Bonchev–Trinajstić information content (AvgIpc) is 1.41. The van der Waals surface area contributed by atoms with E-state index in [1.807, 2.05) is 0 Å². The molecule has 0 rings (SSSR count). The minimum atomic E-state index is -1.24. The zero-order valence-corrected chi connectivity index (χ0v) is 5.99. The predicted octanol–water partition coefficient (Wildman–Crippen LogP) is -1.07. The molecule has 0 saturated heterocycles. The van der Waals surface area contributed by atoms with Gasteiger partial charge < -0.3 is 0 Å². The molecule has 0 aliphatic carbocycles. The Hall–Kier alpha value is 0.958. The summed E-state index contributed by atoms with van der Waals surface area (Å²) in [5, 5.41) is 0. The molecule has 0 unspecified atom stereocenters. The first-order chi connectivity index (χ1) is 2.41. The second-order valence-corrected chi connectivity index (χ2v) is 1.80. The van der Waals surface area contributed by atoms with Crippen LogP contribution in [-0.2, 0) is 26.9 Å². The molecule has 0 heterocycles. The van der Waals surface area contributed by atoms with E-state index in [0.29, 0.717) is 0 Å². The van der Waals surface area contributed by atoms with Crippen molar-refractivity contribution < 1.29 is 26.9 Å². The van der Waals surface area contributed by atoms with Crippen LogP contribution in [0.15, 0.2) is 0 Å². The van der Waals surface area contributed by atoms with E-state index in [2.05, 4.69) is 2.84 Å². The van der Waals surface area contributed by atoms with Crippen LogP contribution in [0.25, 0.3) is 0 Å². The van der Waals surface area contributed by atoms with Gasteiger partial charge in [0.1, 0.15) is 0 Å². The van der Waals surface area contributed by atoms with Crippen molar-refractivity contribution in [2.24, 2.45) is 0 Å². The first-order valence-corrected chi connectivity index (χ1v) is 2.83. The van der Waals surface area contributed by atoms with Crippen LogP contribution < -0.4 is 0 Å². The fourth-order valence-corrected chi connectivity index (χ4v) is 0.204. The third kappa shape index (κ3) is 8.88. The number of hydrogen-bond acceptors (Lipinski definition) is 3. The third-order valence-electron chi connectivity index (χ3n) is 0.111. The summed E-state index contributed by atoms with van der Waals surface area (Å²) in [5.41, 5.74) is 0. The Morgan fingerprint density at radius 2 is 1.50 bits per heavy atom. The van der Waals surface area contributed by atoms with Gasteiger partial charge in [-0.2, -0.15) is 0 Å². The van der Waals surface area contributed by atoms with Gasteiger partial charge in [-0.1, -0.05) is 0 Å². The van der Waals surface area contributed by atoms with Gasteiger partial charge in [-0.3, -0.25) is 0 Å². The first-order valence-electron chi connectivity index (χ1n) is 0.943. The first kappa shape index (κ1) is 10.0. The average molecular weight is 161 g/mol. The summed E-state index contributed by atoms with van der Waals surface area (Å²) in [6, 6.07) is 0. The van der Waals surface area contributed by atoms with Gasteiger partial charge in [-0.15, -0.1) is 0 Å². The van der Waals surface area contributed by atoms with E-state index >= 15 is 0 Å². The molecule has 0 spiro atoms. The van der Waals surface area contributed by atoms with Crippen LogP contribution >= 0.6 is 0 Å². The van der Waals surface area contributed by atoms with E-state index in [4.69, 9.17) is 0 Å². The molecule has 0 fully saturated rings.